The van der Waals surface area contributed by atoms with Crippen molar-refractivity contribution >= 4 is 15.9 Å². The van der Waals surface area contributed by atoms with Gasteiger partial charge in [-0.25, -0.2) is 17.6 Å². The molecule has 0 saturated carbocycles. The third-order valence-electron chi connectivity index (χ3n) is 7.90. The quantitative estimate of drug-likeness (QED) is 0.392. The number of sulfone groups is 1. The fourth-order valence-electron chi connectivity index (χ4n) is 5.28. The summed E-state index contributed by atoms with van der Waals surface area (Å²) in [4.78, 5) is 15.6. The van der Waals surface area contributed by atoms with Crippen molar-refractivity contribution in [2.75, 3.05) is 26.2 Å². The Morgan fingerprint density at radius 3 is 1.80 bits per heavy atom. The van der Waals surface area contributed by atoms with E-state index >= 15 is 0 Å². The lowest BCUT2D eigenvalue weighted by Gasteiger charge is -2.38. The molecule has 2 aliphatic heterocycles. The third kappa shape index (κ3) is 5.27. The van der Waals surface area contributed by atoms with E-state index < -0.39 is 62.1 Å². The third-order valence-corrected chi connectivity index (χ3v) is 10.4. The van der Waals surface area contributed by atoms with Crippen molar-refractivity contribution < 1.29 is 54.2 Å². The first kappa shape index (κ1) is 31.0. The van der Waals surface area contributed by atoms with E-state index in [-0.39, 0.29) is 49.4 Å². The SMILES string of the molecule is CC1(O)CCN(C(=O)N2CCC(c3ccc(C(O)(C(F)(F)F)C(F)(F)F)cc3)(S(=O)(=O)c3ccc(F)cc3)C2)CC1. The Morgan fingerprint density at radius 2 is 1.32 bits per heavy atom. The minimum Gasteiger partial charge on any atom is -0.390 e. The minimum absolute atomic E-state index is 0.122. The molecule has 2 N–H and O–H groups in total. The topological polar surface area (TPSA) is 98.2 Å². The molecule has 2 aliphatic rings. The van der Waals surface area contributed by atoms with Crippen LogP contribution in [0.1, 0.15) is 37.3 Å². The van der Waals surface area contributed by atoms with Crippen LogP contribution in [0.15, 0.2) is 53.4 Å². The second kappa shape index (κ2) is 10.1. The van der Waals surface area contributed by atoms with E-state index in [1.807, 2.05) is 0 Å². The van der Waals surface area contributed by atoms with Crippen LogP contribution in [0.25, 0.3) is 0 Å². The molecule has 41 heavy (non-hydrogen) atoms. The van der Waals surface area contributed by atoms with Gasteiger partial charge in [0.25, 0.3) is 5.60 Å². The summed E-state index contributed by atoms with van der Waals surface area (Å²) >= 11 is 0. The predicted octanol–water partition coefficient (Wildman–Crippen LogP) is 4.48. The van der Waals surface area contributed by atoms with Crippen LogP contribution in [-0.2, 0) is 20.2 Å². The molecule has 1 unspecified atom stereocenters. The molecule has 0 aliphatic carbocycles. The number of alkyl halides is 6. The molecule has 2 heterocycles. The Morgan fingerprint density at radius 1 is 0.829 bits per heavy atom. The van der Waals surface area contributed by atoms with Gasteiger partial charge in [0.15, 0.2) is 9.84 Å². The second-order valence-corrected chi connectivity index (χ2v) is 12.9. The van der Waals surface area contributed by atoms with Gasteiger partial charge < -0.3 is 20.0 Å². The van der Waals surface area contributed by atoms with E-state index in [2.05, 4.69) is 0 Å². The van der Waals surface area contributed by atoms with E-state index in [9.17, 15) is 54.2 Å². The number of carbonyl (C=O) groups is 1. The fourth-order valence-corrected chi connectivity index (χ4v) is 7.36. The first-order chi connectivity index (χ1) is 18.8. The first-order valence-electron chi connectivity index (χ1n) is 12.5. The lowest BCUT2D eigenvalue weighted by atomic mass is 9.89. The Kier molecular flexibility index (Phi) is 7.66. The number of halogens is 7. The van der Waals surface area contributed by atoms with Crippen LogP contribution in [0.5, 0.6) is 0 Å². The summed E-state index contributed by atoms with van der Waals surface area (Å²) in [6.07, 6.45) is -12.0. The van der Waals surface area contributed by atoms with E-state index in [0.717, 1.165) is 36.4 Å². The number of rotatable bonds is 4. The van der Waals surface area contributed by atoms with Gasteiger partial charge in [0.2, 0.25) is 0 Å². The van der Waals surface area contributed by atoms with Gasteiger partial charge in [-0.15, -0.1) is 0 Å². The van der Waals surface area contributed by atoms with Gasteiger partial charge in [0.05, 0.1) is 10.5 Å². The molecule has 2 aromatic carbocycles. The molecule has 7 nitrogen and oxygen atoms in total. The maximum Gasteiger partial charge on any atom is 0.430 e. The van der Waals surface area contributed by atoms with Crippen molar-refractivity contribution in [3.8, 4) is 0 Å². The standard InChI is InChI=1S/C26H27F7N2O5S/c1-22(37)10-13-34(14-11-22)21(36)35-15-12-23(16-35,41(39,40)20-8-6-19(27)7-9-20)17-2-4-18(5-3-17)24(38,25(28,29)30)26(31,32)33/h2-9,37-38H,10-16H2,1H3. The highest BCUT2D eigenvalue weighted by Gasteiger charge is 2.71. The summed E-state index contributed by atoms with van der Waals surface area (Å²) in [5.74, 6) is -0.745. The van der Waals surface area contributed by atoms with Crippen LogP contribution in [0.4, 0.5) is 35.5 Å². The molecule has 1 atom stereocenters. The summed E-state index contributed by atoms with van der Waals surface area (Å²) in [5, 5.41) is 19.9. The number of hydrogen-bond donors (Lipinski definition) is 2. The molecule has 226 valence electrons. The highest BCUT2D eigenvalue weighted by molar-refractivity contribution is 7.92. The number of likely N-dealkylation sites (tertiary alicyclic amines) is 2. The maximum absolute atomic E-state index is 14.0. The van der Waals surface area contributed by atoms with Crippen LogP contribution in [0.2, 0.25) is 0 Å². The maximum atomic E-state index is 14.0. The second-order valence-electron chi connectivity index (χ2n) is 10.7. The average molecular weight is 613 g/mol. The highest BCUT2D eigenvalue weighted by Crippen LogP contribution is 2.51. The largest absolute Gasteiger partial charge is 0.430 e. The van der Waals surface area contributed by atoms with Crippen molar-refractivity contribution in [1.82, 2.24) is 9.80 Å². The molecular formula is C26H27F7N2O5S. The van der Waals surface area contributed by atoms with E-state index in [1.54, 1.807) is 6.92 Å². The molecule has 0 spiro atoms. The van der Waals surface area contributed by atoms with Crippen LogP contribution in [0, 0.1) is 5.82 Å². The Labute approximate surface area is 231 Å². The number of benzene rings is 2. The Balaban J connectivity index is 1.77. The zero-order chi connectivity index (χ0) is 30.6. The molecule has 2 saturated heterocycles. The molecule has 2 fully saturated rings. The van der Waals surface area contributed by atoms with Crippen LogP contribution >= 0.6 is 0 Å². The normalized spacial score (nSPS) is 22.2. The predicted molar refractivity (Wildman–Crippen MR) is 131 cm³/mol. The van der Waals surface area contributed by atoms with E-state index in [1.165, 1.54) is 9.80 Å². The highest BCUT2D eigenvalue weighted by atomic mass is 32.2. The molecular weight excluding hydrogens is 585 g/mol. The number of hydrogen-bond acceptors (Lipinski definition) is 5. The fraction of sp³-hybridized carbons (Fsp3) is 0.500. The van der Waals surface area contributed by atoms with Gasteiger partial charge >= 0.3 is 18.4 Å². The lowest BCUT2D eigenvalue weighted by molar-refractivity contribution is -0.376. The number of aliphatic hydroxyl groups is 2. The molecule has 2 aromatic rings. The summed E-state index contributed by atoms with van der Waals surface area (Å²) in [5.41, 5.74) is -7.97. The van der Waals surface area contributed by atoms with Crippen LogP contribution < -0.4 is 0 Å². The molecule has 0 radical (unpaired) electrons. The monoisotopic (exact) mass is 612 g/mol. The van der Waals surface area contributed by atoms with E-state index in [4.69, 9.17) is 0 Å². The Hall–Kier alpha value is -2.91. The van der Waals surface area contributed by atoms with Crippen LogP contribution in [0.3, 0.4) is 0 Å². The van der Waals surface area contributed by atoms with Crippen molar-refractivity contribution in [1.29, 1.82) is 0 Å². The summed E-state index contributed by atoms with van der Waals surface area (Å²) in [6.45, 7) is 1.36. The molecule has 15 heteroatoms. The first-order valence-corrected chi connectivity index (χ1v) is 14.0. The van der Waals surface area contributed by atoms with E-state index in [0.29, 0.717) is 12.1 Å². The van der Waals surface area contributed by atoms with Crippen molar-refractivity contribution in [2.24, 2.45) is 0 Å². The van der Waals surface area contributed by atoms with Gasteiger partial charge in [-0.05, 0) is 56.0 Å². The number of amides is 2. The lowest BCUT2D eigenvalue weighted by Crippen LogP contribution is -2.54. The van der Waals surface area contributed by atoms with Gasteiger partial charge in [-0.1, -0.05) is 24.3 Å². The summed E-state index contributed by atoms with van der Waals surface area (Å²) in [6, 6.07) is 5.40. The zero-order valence-electron chi connectivity index (χ0n) is 21.6. The number of nitrogens with zero attached hydrogens (tertiary/aromatic N) is 2. The van der Waals surface area contributed by atoms with Gasteiger partial charge in [0.1, 0.15) is 10.6 Å². The molecule has 2 amide bonds. The number of urea groups is 1. The van der Waals surface area contributed by atoms with Gasteiger partial charge in [-0.2, -0.15) is 26.3 Å². The summed E-state index contributed by atoms with van der Waals surface area (Å²) in [7, 11) is -4.52. The zero-order valence-corrected chi connectivity index (χ0v) is 22.5. The van der Waals surface area contributed by atoms with Crippen LogP contribution in [-0.4, -0.2) is 78.6 Å². The van der Waals surface area contributed by atoms with Crippen molar-refractivity contribution in [2.45, 2.75) is 59.4 Å². The smallest absolute Gasteiger partial charge is 0.390 e. The van der Waals surface area contributed by atoms with Crippen molar-refractivity contribution in [3.05, 3.63) is 65.5 Å². The molecule has 0 aromatic heterocycles. The molecule has 0 bridgehead atoms. The summed E-state index contributed by atoms with van der Waals surface area (Å²) < 4.78 is 120. The molecule has 4 rings (SSSR count). The average Bonchev–Trinajstić information content (AvgIpc) is 3.34. The Bertz CT molecular complexity index is 1370. The van der Waals surface area contributed by atoms with Gasteiger partial charge in [0, 0.05) is 31.7 Å². The minimum atomic E-state index is -6.14. The van der Waals surface area contributed by atoms with Crippen molar-refractivity contribution in [3.63, 3.8) is 0 Å². The number of carbonyl (C=O) groups excluding carboxylic acids is 1. The number of piperidine rings is 1. The van der Waals surface area contributed by atoms with Gasteiger partial charge in [-0.3, -0.25) is 0 Å².